The van der Waals surface area contributed by atoms with E-state index in [1.165, 1.54) is 29.4 Å². The van der Waals surface area contributed by atoms with Crippen LogP contribution in [0.25, 0.3) is 22.3 Å². The molecule has 20 heavy (non-hydrogen) atoms. The van der Waals surface area contributed by atoms with Crippen LogP contribution in [0.4, 0.5) is 0 Å². The minimum atomic E-state index is 1.26. The first-order valence-electron chi connectivity index (χ1n) is 6.35. The highest BCUT2D eigenvalue weighted by atomic mass is 127. The molecule has 0 nitrogen and oxygen atoms in total. The van der Waals surface area contributed by atoms with Crippen molar-refractivity contribution in [1.82, 2.24) is 0 Å². The molecule has 0 radical (unpaired) electrons. The summed E-state index contributed by atoms with van der Waals surface area (Å²) >= 11 is 4.74. The zero-order chi connectivity index (χ0) is 13.9. The Balaban J connectivity index is 2.22. The van der Waals surface area contributed by atoms with Crippen molar-refractivity contribution in [3.05, 3.63) is 79.9 Å². The van der Waals surface area contributed by atoms with Crippen molar-refractivity contribution in [1.29, 1.82) is 0 Å². The van der Waals surface area contributed by atoms with Crippen molar-refractivity contribution < 1.29 is 0 Å². The van der Waals surface area contributed by atoms with E-state index in [4.69, 9.17) is 0 Å². The van der Waals surface area contributed by atoms with Crippen LogP contribution in [0.3, 0.4) is 0 Å². The Morgan fingerprint density at radius 2 is 1.20 bits per heavy atom. The van der Waals surface area contributed by atoms with E-state index < -0.39 is 0 Å². The minimum Gasteiger partial charge on any atom is -0.0622 e. The number of hydrogen-bond donors (Lipinski definition) is 0. The summed E-state index contributed by atoms with van der Waals surface area (Å²) in [5.74, 6) is 0. The standard InChI is InChI=1S/C18H12I2/c19-15-8-4-7-14(11-15)17-10-9-16(20)12-18(17)13-5-2-1-3-6-13/h1-12H. The van der Waals surface area contributed by atoms with E-state index in [-0.39, 0.29) is 0 Å². The fraction of sp³-hybridized carbons (Fsp3) is 0. The third kappa shape index (κ3) is 3.06. The van der Waals surface area contributed by atoms with Gasteiger partial charge in [0.15, 0.2) is 0 Å². The quantitative estimate of drug-likeness (QED) is 0.380. The van der Waals surface area contributed by atoms with Crippen molar-refractivity contribution in [2.75, 3.05) is 0 Å². The van der Waals surface area contributed by atoms with Crippen LogP contribution in [0.1, 0.15) is 0 Å². The zero-order valence-electron chi connectivity index (χ0n) is 10.7. The molecule has 0 aliphatic carbocycles. The van der Waals surface area contributed by atoms with Gasteiger partial charge in [0.2, 0.25) is 0 Å². The lowest BCUT2D eigenvalue weighted by atomic mass is 9.95. The van der Waals surface area contributed by atoms with E-state index in [0.717, 1.165) is 0 Å². The number of halogens is 2. The smallest absolute Gasteiger partial charge is 0.0136 e. The molecule has 0 saturated heterocycles. The van der Waals surface area contributed by atoms with Gasteiger partial charge in [-0.05, 0) is 91.7 Å². The average Bonchev–Trinajstić information content (AvgIpc) is 2.48. The second kappa shape index (κ2) is 6.26. The predicted molar refractivity (Wildman–Crippen MR) is 103 cm³/mol. The maximum absolute atomic E-state index is 2.37. The number of rotatable bonds is 2. The van der Waals surface area contributed by atoms with Crippen LogP contribution < -0.4 is 0 Å². The fourth-order valence-electron chi connectivity index (χ4n) is 2.28. The Labute approximate surface area is 146 Å². The van der Waals surface area contributed by atoms with Crippen LogP contribution in [0.2, 0.25) is 0 Å². The Morgan fingerprint density at radius 3 is 1.95 bits per heavy atom. The lowest BCUT2D eigenvalue weighted by molar-refractivity contribution is 1.55. The summed E-state index contributed by atoms with van der Waals surface area (Å²) in [6.45, 7) is 0. The molecule has 0 atom stereocenters. The summed E-state index contributed by atoms with van der Waals surface area (Å²) in [5.41, 5.74) is 5.11. The van der Waals surface area contributed by atoms with Crippen LogP contribution in [-0.4, -0.2) is 0 Å². The zero-order valence-corrected chi connectivity index (χ0v) is 15.0. The van der Waals surface area contributed by atoms with Crippen molar-refractivity contribution in [2.45, 2.75) is 0 Å². The average molecular weight is 482 g/mol. The molecule has 0 fully saturated rings. The van der Waals surface area contributed by atoms with Gasteiger partial charge >= 0.3 is 0 Å². The maximum atomic E-state index is 2.37. The second-order valence-corrected chi connectivity index (χ2v) is 7.06. The van der Waals surface area contributed by atoms with Gasteiger partial charge in [0.25, 0.3) is 0 Å². The van der Waals surface area contributed by atoms with E-state index >= 15 is 0 Å². The van der Waals surface area contributed by atoms with Gasteiger partial charge in [-0.25, -0.2) is 0 Å². The summed E-state index contributed by atoms with van der Waals surface area (Å²) in [7, 11) is 0. The number of benzene rings is 3. The topological polar surface area (TPSA) is 0 Å². The third-order valence-electron chi connectivity index (χ3n) is 3.20. The molecule has 3 aromatic carbocycles. The van der Waals surface area contributed by atoms with E-state index in [1.54, 1.807) is 0 Å². The molecule has 3 rings (SSSR count). The van der Waals surface area contributed by atoms with Crippen molar-refractivity contribution in [3.8, 4) is 22.3 Å². The molecule has 0 aliphatic heterocycles. The summed E-state index contributed by atoms with van der Waals surface area (Å²) in [6, 6.07) is 25.9. The second-order valence-electron chi connectivity index (χ2n) is 4.57. The molecule has 0 heterocycles. The molecule has 0 spiro atoms. The van der Waals surface area contributed by atoms with Crippen LogP contribution in [0, 0.1) is 7.14 Å². The molecule has 0 amide bonds. The summed E-state index contributed by atoms with van der Waals surface area (Å²) in [6.07, 6.45) is 0. The van der Waals surface area contributed by atoms with Crippen LogP contribution in [0.15, 0.2) is 72.8 Å². The van der Waals surface area contributed by atoms with Gasteiger partial charge in [-0.3, -0.25) is 0 Å². The third-order valence-corrected chi connectivity index (χ3v) is 4.54. The maximum Gasteiger partial charge on any atom is 0.0136 e. The molecule has 0 bridgehead atoms. The van der Waals surface area contributed by atoms with Crippen LogP contribution in [-0.2, 0) is 0 Å². The highest BCUT2D eigenvalue weighted by molar-refractivity contribution is 14.1. The molecule has 0 aliphatic rings. The van der Waals surface area contributed by atoms with Gasteiger partial charge in [-0.2, -0.15) is 0 Å². The molecule has 0 aromatic heterocycles. The monoisotopic (exact) mass is 482 g/mol. The van der Waals surface area contributed by atoms with Crippen LogP contribution in [0.5, 0.6) is 0 Å². The minimum absolute atomic E-state index is 1.26. The summed E-state index contributed by atoms with van der Waals surface area (Å²) < 4.78 is 2.52. The normalized spacial score (nSPS) is 10.5. The van der Waals surface area contributed by atoms with E-state index in [0.29, 0.717) is 0 Å². The van der Waals surface area contributed by atoms with E-state index in [9.17, 15) is 0 Å². The van der Waals surface area contributed by atoms with Gasteiger partial charge in [0, 0.05) is 7.14 Å². The van der Waals surface area contributed by atoms with Gasteiger partial charge in [-0.1, -0.05) is 48.5 Å². The molecule has 3 aromatic rings. The Bertz CT molecular complexity index is 733. The largest absolute Gasteiger partial charge is 0.0622 e. The lowest BCUT2D eigenvalue weighted by Crippen LogP contribution is -1.87. The summed E-state index contributed by atoms with van der Waals surface area (Å²) in [4.78, 5) is 0. The highest BCUT2D eigenvalue weighted by Gasteiger charge is 2.08. The molecule has 0 N–H and O–H groups in total. The van der Waals surface area contributed by atoms with Gasteiger partial charge < -0.3 is 0 Å². The first kappa shape index (κ1) is 14.1. The first-order valence-corrected chi connectivity index (χ1v) is 8.51. The molecular weight excluding hydrogens is 470 g/mol. The molecule has 98 valence electrons. The SMILES string of the molecule is Ic1cccc(-c2ccc(I)cc2-c2ccccc2)c1. The van der Waals surface area contributed by atoms with E-state index in [2.05, 4.69) is 118 Å². The summed E-state index contributed by atoms with van der Waals surface area (Å²) in [5, 5.41) is 0. The van der Waals surface area contributed by atoms with Crippen molar-refractivity contribution in [2.24, 2.45) is 0 Å². The van der Waals surface area contributed by atoms with E-state index in [1.807, 2.05) is 0 Å². The van der Waals surface area contributed by atoms with Gasteiger partial charge in [0.1, 0.15) is 0 Å². The predicted octanol–water partition coefficient (Wildman–Crippen LogP) is 6.23. The Hall–Kier alpha value is -0.880. The van der Waals surface area contributed by atoms with Crippen LogP contribution >= 0.6 is 45.2 Å². The molecular formula is C18H12I2. The van der Waals surface area contributed by atoms with Crippen molar-refractivity contribution in [3.63, 3.8) is 0 Å². The molecule has 2 heteroatoms. The highest BCUT2D eigenvalue weighted by Crippen LogP contribution is 2.33. The Morgan fingerprint density at radius 1 is 0.500 bits per heavy atom. The first-order chi connectivity index (χ1) is 9.74. The Kier molecular flexibility index (Phi) is 4.41. The number of hydrogen-bond acceptors (Lipinski definition) is 0. The lowest BCUT2D eigenvalue weighted by Gasteiger charge is -2.11. The van der Waals surface area contributed by atoms with Gasteiger partial charge in [0.05, 0.1) is 0 Å². The molecule has 0 saturated carbocycles. The van der Waals surface area contributed by atoms with Gasteiger partial charge in [-0.15, -0.1) is 0 Å². The molecule has 0 unspecified atom stereocenters. The fourth-order valence-corrected chi connectivity index (χ4v) is 3.32. The van der Waals surface area contributed by atoms with Crippen molar-refractivity contribution >= 4 is 45.2 Å².